The van der Waals surface area contributed by atoms with Crippen LogP contribution in [-0.4, -0.2) is 35.2 Å². The highest BCUT2D eigenvalue weighted by atomic mass is 16.7. The number of nitrogens with zero attached hydrogens (tertiary/aromatic N) is 1. The second-order valence-corrected chi connectivity index (χ2v) is 10.6. The minimum atomic E-state index is -0.613. The third-order valence-electron chi connectivity index (χ3n) is 7.33. The van der Waals surface area contributed by atoms with Gasteiger partial charge in [0.05, 0.1) is 18.8 Å². The maximum Gasteiger partial charge on any atom is 0.319 e. The lowest BCUT2D eigenvalue weighted by molar-refractivity contribution is -0.253. The van der Waals surface area contributed by atoms with Gasteiger partial charge in [-0.1, -0.05) is 97.1 Å². The number of amides is 2. The van der Waals surface area contributed by atoms with Crippen LogP contribution in [0.5, 0.6) is 0 Å². The van der Waals surface area contributed by atoms with E-state index in [1.54, 1.807) is 0 Å². The van der Waals surface area contributed by atoms with Gasteiger partial charge in [0.1, 0.15) is 0 Å². The largest absolute Gasteiger partial charge is 0.392 e. The van der Waals surface area contributed by atoms with Crippen LogP contribution < -0.4 is 10.6 Å². The molecule has 218 valence electrons. The van der Waals surface area contributed by atoms with Crippen LogP contribution >= 0.6 is 0 Å². The fraction of sp³-hybridized carbons (Fsp3) is 0.286. The van der Waals surface area contributed by atoms with E-state index < -0.39 is 6.29 Å². The molecule has 3 atom stereocenters. The number of urea groups is 1. The second-order valence-electron chi connectivity index (χ2n) is 10.6. The van der Waals surface area contributed by atoms with Crippen molar-refractivity contribution in [1.29, 1.82) is 0 Å². The number of ether oxygens (including phenoxy) is 2. The molecular weight excluding hydrogens is 526 g/mol. The van der Waals surface area contributed by atoms with Crippen molar-refractivity contribution in [3.05, 3.63) is 137 Å². The Morgan fingerprint density at radius 1 is 0.810 bits per heavy atom. The van der Waals surface area contributed by atoms with E-state index in [1.165, 1.54) is 11.1 Å². The van der Waals surface area contributed by atoms with Gasteiger partial charge in [0.25, 0.3) is 0 Å². The van der Waals surface area contributed by atoms with Crippen molar-refractivity contribution in [3.63, 3.8) is 0 Å². The minimum absolute atomic E-state index is 0.000498. The minimum Gasteiger partial charge on any atom is -0.392 e. The van der Waals surface area contributed by atoms with Crippen molar-refractivity contribution in [2.75, 3.05) is 18.4 Å². The monoisotopic (exact) mass is 565 g/mol. The van der Waals surface area contributed by atoms with Crippen molar-refractivity contribution in [2.45, 2.75) is 51.5 Å². The summed E-state index contributed by atoms with van der Waals surface area (Å²) in [6, 6.07) is 36.3. The summed E-state index contributed by atoms with van der Waals surface area (Å²) in [7, 11) is 0. The average molecular weight is 566 g/mol. The number of carbonyl (C=O) groups is 1. The summed E-state index contributed by atoms with van der Waals surface area (Å²) in [5.74, 6) is 0. The first-order valence-corrected chi connectivity index (χ1v) is 14.5. The molecule has 42 heavy (non-hydrogen) atoms. The van der Waals surface area contributed by atoms with E-state index in [-0.39, 0.29) is 24.8 Å². The molecule has 0 spiro atoms. The maximum absolute atomic E-state index is 12.2. The molecule has 7 nitrogen and oxygen atoms in total. The molecule has 4 aromatic rings. The zero-order chi connectivity index (χ0) is 29.1. The highest BCUT2D eigenvalue weighted by Crippen LogP contribution is 2.39. The topological polar surface area (TPSA) is 83.1 Å². The summed E-state index contributed by atoms with van der Waals surface area (Å²) >= 11 is 0. The molecule has 1 heterocycles. The van der Waals surface area contributed by atoms with Gasteiger partial charge >= 0.3 is 6.03 Å². The van der Waals surface area contributed by atoms with E-state index in [4.69, 9.17) is 9.47 Å². The Morgan fingerprint density at radius 3 is 2.10 bits per heavy atom. The molecule has 3 unspecified atom stereocenters. The fourth-order valence-electron chi connectivity index (χ4n) is 5.29. The van der Waals surface area contributed by atoms with E-state index in [1.807, 2.05) is 67.6 Å². The quantitative estimate of drug-likeness (QED) is 0.192. The van der Waals surface area contributed by atoms with Gasteiger partial charge in [0.15, 0.2) is 6.29 Å². The second kappa shape index (κ2) is 14.8. The van der Waals surface area contributed by atoms with Crippen LogP contribution in [0.4, 0.5) is 10.5 Å². The SMILES string of the molecule is CCNC(=O)Nc1cccc(C2OC(CN(Cc3ccccc3)Cc3ccccc3)CC(c3ccc(CO)cc3)O2)c1. The summed E-state index contributed by atoms with van der Waals surface area (Å²) < 4.78 is 13.2. The van der Waals surface area contributed by atoms with E-state index in [9.17, 15) is 9.90 Å². The molecule has 0 saturated carbocycles. The lowest BCUT2D eigenvalue weighted by Crippen LogP contribution is -2.39. The van der Waals surface area contributed by atoms with Crippen LogP contribution in [0.25, 0.3) is 0 Å². The molecule has 2 amide bonds. The van der Waals surface area contributed by atoms with Crippen LogP contribution in [0.3, 0.4) is 0 Å². The number of rotatable bonds is 11. The van der Waals surface area contributed by atoms with Crippen LogP contribution in [0.2, 0.25) is 0 Å². The Balaban J connectivity index is 1.40. The van der Waals surface area contributed by atoms with Gasteiger partial charge in [-0.05, 0) is 41.3 Å². The molecule has 1 aliphatic rings. The first-order valence-electron chi connectivity index (χ1n) is 14.5. The Morgan fingerprint density at radius 2 is 1.48 bits per heavy atom. The Bertz CT molecular complexity index is 1360. The molecule has 1 saturated heterocycles. The molecule has 4 aromatic carbocycles. The van der Waals surface area contributed by atoms with E-state index in [0.717, 1.165) is 29.8 Å². The fourth-order valence-corrected chi connectivity index (χ4v) is 5.29. The van der Waals surface area contributed by atoms with Crippen molar-refractivity contribution in [3.8, 4) is 0 Å². The van der Waals surface area contributed by atoms with Crippen molar-refractivity contribution < 1.29 is 19.4 Å². The summed E-state index contributed by atoms with van der Waals surface area (Å²) in [6.45, 7) is 4.73. The smallest absolute Gasteiger partial charge is 0.319 e. The molecule has 0 aromatic heterocycles. The summed E-state index contributed by atoms with van der Waals surface area (Å²) in [6.07, 6.45) is -0.237. The van der Waals surface area contributed by atoms with Gasteiger partial charge in [0.2, 0.25) is 0 Å². The molecule has 3 N–H and O–H groups in total. The predicted molar refractivity (Wildman–Crippen MR) is 165 cm³/mol. The third-order valence-corrected chi connectivity index (χ3v) is 7.33. The standard InChI is InChI=1S/C35H39N3O4/c1-2-36-35(40)37-31-15-9-14-30(20-31)34-41-32(21-33(42-34)29-18-16-28(25-39)17-19-29)24-38(22-26-10-5-3-6-11-26)23-27-12-7-4-8-13-27/h3-20,32-34,39H,2,21-25H2,1H3,(H2,36,37,40). The number of hydrogen-bond donors (Lipinski definition) is 3. The van der Waals surface area contributed by atoms with Crippen LogP contribution in [0.15, 0.2) is 109 Å². The Hall–Kier alpha value is -4.01. The molecule has 5 rings (SSSR count). The summed E-state index contributed by atoms with van der Waals surface area (Å²) in [4.78, 5) is 14.6. The van der Waals surface area contributed by atoms with E-state index in [0.29, 0.717) is 25.2 Å². The number of aliphatic hydroxyl groups excluding tert-OH is 1. The van der Waals surface area contributed by atoms with Gasteiger partial charge in [-0.2, -0.15) is 0 Å². The molecule has 1 aliphatic heterocycles. The molecule has 0 radical (unpaired) electrons. The molecule has 0 bridgehead atoms. The first kappa shape index (κ1) is 29.5. The highest BCUT2D eigenvalue weighted by Gasteiger charge is 2.33. The van der Waals surface area contributed by atoms with Gasteiger partial charge in [-0.25, -0.2) is 4.79 Å². The Kier molecular flexibility index (Phi) is 10.4. The number of carbonyl (C=O) groups excluding carboxylic acids is 1. The van der Waals surface area contributed by atoms with E-state index >= 15 is 0 Å². The average Bonchev–Trinajstić information content (AvgIpc) is 3.02. The number of hydrogen-bond acceptors (Lipinski definition) is 5. The summed E-state index contributed by atoms with van der Waals surface area (Å²) in [5, 5.41) is 15.2. The highest BCUT2D eigenvalue weighted by molar-refractivity contribution is 5.89. The van der Waals surface area contributed by atoms with Crippen molar-refractivity contribution in [2.24, 2.45) is 0 Å². The van der Waals surface area contributed by atoms with Gasteiger partial charge in [0, 0.05) is 43.9 Å². The van der Waals surface area contributed by atoms with Crippen LogP contribution in [0.1, 0.15) is 53.6 Å². The van der Waals surface area contributed by atoms with Gasteiger partial charge in [-0.15, -0.1) is 0 Å². The zero-order valence-electron chi connectivity index (χ0n) is 24.0. The van der Waals surface area contributed by atoms with Crippen LogP contribution in [-0.2, 0) is 29.2 Å². The third kappa shape index (κ3) is 8.27. The van der Waals surface area contributed by atoms with Gasteiger partial charge in [-0.3, -0.25) is 4.90 Å². The number of anilines is 1. The van der Waals surface area contributed by atoms with E-state index in [2.05, 4.69) is 64.1 Å². The molecular formula is C35H39N3O4. The normalized spacial score (nSPS) is 18.5. The molecule has 0 aliphatic carbocycles. The lowest BCUT2D eigenvalue weighted by atomic mass is 9.99. The van der Waals surface area contributed by atoms with Crippen molar-refractivity contribution in [1.82, 2.24) is 10.2 Å². The number of benzene rings is 4. The van der Waals surface area contributed by atoms with Crippen molar-refractivity contribution >= 4 is 11.7 Å². The maximum atomic E-state index is 12.2. The van der Waals surface area contributed by atoms with Gasteiger partial charge < -0.3 is 25.2 Å². The lowest BCUT2D eigenvalue weighted by Gasteiger charge is -2.38. The Labute approximate surface area is 248 Å². The zero-order valence-corrected chi connectivity index (χ0v) is 24.0. The number of nitrogens with one attached hydrogen (secondary N) is 2. The van der Waals surface area contributed by atoms with Crippen LogP contribution in [0, 0.1) is 0 Å². The predicted octanol–water partition coefficient (Wildman–Crippen LogP) is 6.57. The number of aliphatic hydroxyl groups is 1. The molecule has 1 fully saturated rings. The molecule has 7 heteroatoms. The summed E-state index contributed by atoms with van der Waals surface area (Å²) in [5.41, 5.74) is 5.91. The first-order chi connectivity index (χ1) is 20.6.